The van der Waals surface area contributed by atoms with Crippen LogP contribution >= 0.6 is 0 Å². The molecule has 130 valence electrons. The highest BCUT2D eigenvalue weighted by atomic mass is 32.2. The number of tetrazole rings is 1. The summed E-state index contributed by atoms with van der Waals surface area (Å²) < 4.78 is 26.9. The summed E-state index contributed by atoms with van der Waals surface area (Å²) >= 11 is 0. The lowest BCUT2D eigenvalue weighted by atomic mass is 9.81. The molecule has 0 N–H and O–H groups in total. The maximum absolute atomic E-state index is 12.8. The third kappa shape index (κ3) is 3.83. The first kappa shape index (κ1) is 17.1. The van der Waals surface area contributed by atoms with E-state index in [1.165, 1.54) is 17.5 Å². The third-order valence-electron chi connectivity index (χ3n) is 4.84. The van der Waals surface area contributed by atoms with Crippen LogP contribution in [0.4, 0.5) is 0 Å². The van der Waals surface area contributed by atoms with Crippen molar-refractivity contribution in [1.29, 1.82) is 0 Å². The van der Waals surface area contributed by atoms with Gasteiger partial charge in [0.15, 0.2) is 0 Å². The van der Waals surface area contributed by atoms with Gasteiger partial charge >= 0.3 is 0 Å². The second-order valence-corrected chi connectivity index (χ2v) is 8.59. The van der Waals surface area contributed by atoms with Gasteiger partial charge in [-0.15, -0.1) is 0 Å². The molecule has 2 aromatic rings. The molecule has 1 saturated carbocycles. The number of sulfone groups is 1. The van der Waals surface area contributed by atoms with Crippen LogP contribution in [0.15, 0.2) is 35.5 Å². The van der Waals surface area contributed by atoms with Gasteiger partial charge in [-0.2, -0.15) is 4.68 Å². The molecule has 0 spiro atoms. The predicted molar refractivity (Wildman–Crippen MR) is 91.6 cm³/mol. The van der Waals surface area contributed by atoms with Crippen molar-refractivity contribution in [3.63, 3.8) is 0 Å². The van der Waals surface area contributed by atoms with Crippen molar-refractivity contribution in [1.82, 2.24) is 20.2 Å². The molecule has 0 saturated heterocycles. The number of aromatic nitrogens is 4. The molecule has 1 heterocycles. The fourth-order valence-electron chi connectivity index (χ4n) is 3.58. The Morgan fingerprint density at radius 1 is 1.08 bits per heavy atom. The zero-order valence-electron chi connectivity index (χ0n) is 14.0. The Hall–Kier alpha value is -1.76. The van der Waals surface area contributed by atoms with Crippen LogP contribution in [0, 0.1) is 11.8 Å². The monoisotopic (exact) mass is 348 g/mol. The second-order valence-electron chi connectivity index (χ2n) is 6.67. The van der Waals surface area contributed by atoms with Gasteiger partial charge in [0.1, 0.15) is 0 Å². The van der Waals surface area contributed by atoms with E-state index in [-0.39, 0.29) is 16.8 Å². The average molecular weight is 348 g/mol. The summed E-state index contributed by atoms with van der Waals surface area (Å²) in [5.74, 6) is 1.12. The van der Waals surface area contributed by atoms with Gasteiger partial charge in [0, 0.05) is 0 Å². The van der Waals surface area contributed by atoms with E-state index < -0.39 is 9.84 Å². The largest absolute Gasteiger partial charge is 0.272 e. The molecule has 0 bridgehead atoms. The molecular formula is C17H24N4O2S. The van der Waals surface area contributed by atoms with Crippen LogP contribution in [0.3, 0.4) is 0 Å². The molecule has 1 aliphatic carbocycles. The van der Waals surface area contributed by atoms with Crippen molar-refractivity contribution in [3.8, 4) is 5.69 Å². The SMILES string of the molecule is CCCC1CCC(CS(=O)(=O)c2nnnn2-c2ccccc2)CC1. The lowest BCUT2D eigenvalue weighted by molar-refractivity contribution is 0.277. The number of benzene rings is 1. The number of rotatable bonds is 6. The fraction of sp³-hybridized carbons (Fsp3) is 0.588. The Kier molecular flexibility index (Phi) is 5.28. The summed E-state index contributed by atoms with van der Waals surface area (Å²) in [5, 5.41) is 11.2. The lowest BCUT2D eigenvalue weighted by Crippen LogP contribution is -2.24. The molecule has 1 aromatic heterocycles. The van der Waals surface area contributed by atoms with Crippen LogP contribution in [-0.4, -0.2) is 34.4 Å². The van der Waals surface area contributed by atoms with Gasteiger partial charge in [0.05, 0.1) is 11.4 Å². The van der Waals surface area contributed by atoms with Gasteiger partial charge in [-0.3, -0.25) is 0 Å². The van der Waals surface area contributed by atoms with E-state index in [1.807, 2.05) is 18.2 Å². The summed E-state index contributed by atoms with van der Waals surface area (Å²) in [6.45, 7) is 2.21. The zero-order valence-corrected chi connectivity index (χ0v) is 14.8. The Labute approximate surface area is 143 Å². The van der Waals surface area contributed by atoms with Crippen molar-refractivity contribution >= 4 is 9.84 Å². The van der Waals surface area contributed by atoms with E-state index in [0.29, 0.717) is 5.69 Å². The van der Waals surface area contributed by atoms with Gasteiger partial charge in [0.25, 0.3) is 5.16 Å². The first-order valence-corrected chi connectivity index (χ1v) is 10.3. The molecule has 24 heavy (non-hydrogen) atoms. The number of para-hydroxylation sites is 1. The van der Waals surface area contributed by atoms with Crippen LogP contribution in [0.2, 0.25) is 0 Å². The Morgan fingerprint density at radius 2 is 1.75 bits per heavy atom. The minimum atomic E-state index is -3.50. The minimum Gasteiger partial charge on any atom is -0.220 e. The van der Waals surface area contributed by atoms with Crippen molar-refractivity contribution < 1.29 is 8.42 Å². The highest BCUT2D eigenvalue weighted by molar-refractivity contribution is 7.91. The maximum atomic E-state index is 12.8. The smallest absolute Gasteiger partial charge is 0.220 e. The minimum absolute atomic E-state index is 0.0515. The predicted octanol–water partition coefficient (Wildman–Crippen LogP) is 3.04. The number of nitrogens with zero attached hydrogens (tertiary/aromatic N) is 4. The summed E-state index contributed by atoms with van der Waals surface area (Å²) in [4.78, 5) is 0. The normalized spacial score (nSPS) is 21.7. The third-order valence-corrected chi connectivity index (χ3v) is 6.56. The van der Waals surface area contributed by atoms with Crippen molar-refractivity contribution in [2.24, 2.45) is 11.8 Å². The molecular weight excluding hydrogens is 324 g/mol. The van der Waals surface area contributed by atoms with Gasteiger partial charge in [-0.25, -0.2) is 8.42 Å². The topological polar surface area (TPSA) is 77.7 Å². The van der Waals surface area contributed by atoms with Crippen molar-refractivity contribution in [2.45, 2.75) is 50.6 Å². The summed E-state index contributed by atoms with van der Waals surface area (Å²) in [7, 11) is -3.50. The quantitative estimate of drug-likeness (QED) is 0.802. The Balaban J connectivity index is 1.72. The van der Waals surface area contributed by atoms with Gasteiger partial charge in [-0.05, 0) is 47.2 Å². The maximum Gasteiger partial charge on any atom is 0.272 e. The van der Waals surface area contributed by atoms with E-state index in [4.69, 9.17) is 0 Å². The van der Waals surface area contributed by atoms with Crippen LogP contribution in [0.1, 0.15) is 45.4 Å². The van der Waals surface area contributed by atoms with E-state index in [9.17, 15) is 8.42 Å². The molecule has 0 unspecified atom stereocenters. The Bertz CT molecular complexity index is 750. The standard InChI is InChI=1S/C17H24N4O2S/c1-2-6-14-9-11-15(12-10-14)13-24(22,23)17-18-19-20-21(17)16-7-4-3-5-8-16/h3-5,7-8,14-15H,2,6,9-13H2,1H3. The van der Waals surface area contributed by atoms with Crippen LogP contribution < -0.4 is 0 Å². The van der Waals surface area contributed by atoms with E-state index in [1.54, 1.807) is 12.1 Å². The van der Waals surface area contributed by atoms with Crippen LogP contribution in [-0.2, 0) is 9.84 Å². The average Bonchev–Trinajstić information content (AvgIpc) is 3.08. The molecule has 3 rings (SSSR count). The van der Waals surface area contributed by atoms with Gasteiger partial charge in [0.2, 0.25) is 9.84 Å². The molecule has 0 amide bonds. The first-order chi connectivity index (χ1) is 11.6. The molecule has 1 fully saturated rings. The number of hydrogen-bond acceptors (Lipinski definition) is 5. The van der Waals surface area contributed by atoms with Crippen LogP contribution in [0.25, 0.3) is 5.69 Å². The zero-order chi connectivity index (χ0) is 17.0. The molecule has 0 aliphatic heterocycles. The lowest BCUT2D eigenvalue weighted by Gasteiger charge is -2.27. The van der Waals surface area contributed by atoms with Crippen molar-refractivity contribution in [2.75, 3.05) is 5.75 Å². The van der Waals surface area contributed by atoms with E-state index in [0.717, 1.165) is 31.6 Å². The van der Waals surface area contributed by atoms with Crippen LogP contribution in [0.5, 0.6) is 0 Å². The van der Waals surface area contributed by atoms with Crippen molar-refractivity contribution in [3.05, 3.63) is 30.3 Å². The van der Waals surface area contributed by atoms with Gasteiger partial charge in [-0.1, -0.05) is 55.9 Å². The second kappa shape index (κ2) is 7.42. The summed E-state index contributed by atoms with van der Waals surface area (Å²) in [6.07, 6.45) is 6.70. The molecule has 0 radical (unpaired) electrons. The van der Waals surface area contributed by atoms with E-state index >= 15 is 0 Å². The first-order valence-electron chi connectivity index (χ1n) is 8.66. The van der Waals surface area contributed by atoms with Gasteiger partial charge < -0.3 is 0 Å². The fourth-order valence-corrected chi connectivity index (χ4v) is 5.25. The summed E-state index contributed by atoms with van der Waals surface area (Å²) in [5.41, 5.74) is 0.660. The number of hydrogen-bond donors (Lipinski definition) is 0. The molecule has 1 aliphatic rings. The van der Waals surface area contributed by atoms with E-state index in [2.05, 4.69) is 22.4 Å². The molecule has 0 atom stereocenters. The molecule has 6 nitrogen and oxygen atoms in total. The summed E-state index contributed by atoms with van der Waals surface area (Å²) in [6, 6.07) is 9.14. The molecule has 1 aromatic carbocycles. The Morgan fingerprint density at radius 3 is 2.42 bits per heavy atom. The highest BCUT2D eigenvalue weighted by Crippen LogP contribution is 2.33. The molecule has 7 heteroatoms. The highest BCUT2D eigenvalue weighted by Gasteiger charge is 2.30.